The summed E-state index contributed by atoms with van der Waals surface area (Å²) in [5, 5.41) is 4.42. The summed E-state index contributed by atoms with van der Waals surface area (Å²) in [5.74, 6) is 0.0139. The van der Waals surface area contributed by atoms with Crippen molar-refractivity contribution in [1.29, 1.82) is 0 Å². The summed E-state index contributed by atoms with van der Waals surface area (Å²) in [4.78, 5) is 12.1. The Kier molecular flexibility index (Phi) is 5.72. The topological polar surface area (TPSA) is 60.9 Å². The van der Waals surface area contributed by atoms with Gasteiger partial charge in [0.25, 0.3) is 5.56 Å². The molecule has 22 heavy (non-hydrogen) atoms. The molecular formula is C16H21ClFN3O. The van der Waals surface area contributed by atoms with Gasteiger partial charge in [-0.2, -0.15) is 5.10 Å². The highest BCUT2D eigenvalue weighted by Gasteiger charge is 2.14. The Hall–Kier alpha value is -1.88. The molecular weight excluding hydrogens is 305 g/mol. The minimum absolute atomic E-state index is 0. The van der Waals surface area contributed by atoms with Gasteiger partial charge in [-0.15, -0.1) is 12.4 Å². The van der Waals surface area contributed by atoms with Crippen LogP contribution in [0.15, 0.2) is 23.0 Å². The summed E-state index contributed by atoms with van der Waals surface area (Å²) < 4.78 is 14.8. The number of hydrogen-bond acceptors (Lipinski definition) is 3. The molecule has 0 aliphatic heterocycles. The highest BCUT2D eigenvalue weighted by Crippen LogP contribution is 2.24. The Labute approximate surface area is 135 Å². The molecule has 0 saturated heterocycles. The first kappa shape index (κ1) is 18.2. The zero-order valence-electron chi connectivity index (χ0n) is 13.2. The molecule has 0 saturated carbocycles. The van der Waals surface area contributed by atoms with Crippen molar-refractivity contribution < 1.29 is 4.39 Å². The van der Waals surface area contributed by atoms with E-state index in [9.17, 15) is 9.18 Å². The minimum Gasteiger partial charge on any atom is -0.394 e. The number of nitrogens with two attached hydrogens (primary N) is 1. The maximum Gasteiger partial charge on any atom is 0.290 e. The molecule has 4 nitrogen and oxygen atoms in total. The number of nitrogen functional groups attached to an aromatic ring is 1. The lowest BCUT2D eigenvalue weighted by molar-refractivity contribution is 0.465. The molecule has 0 bridgehead atoms. The van der Waals surface area contributed by atoms with Gasteiger partial charge in [0.1, 0.15) is 11.5 Å². The molecule has 0 spiro atoms. The first-order chi connectivity index (χ1) is 9.81. The van der Waals surface area contributed by atoms with Gasteiger partial charge in [0, 0.05) is 17.7 Å². The van der Waals surface area contributed by atoms with Crippen molar-refractivity contribution in [2.24, 2.45) is 5.92 Å². The first-order valence-corrected chi connectivity index (χ1v) is 6.95. The van der Waals surface area contributed by atoms with Crippen molar-refractivity contribution in [3.8, 4) is 11.3 Å². The van der Waals surface area contributed by atoms with Crippen LogP contribution in [0.2, 0.25) is 0 Å². The van der Waals surface area contributed by atoms with E-state index in [-0.39, 0.29) is 35.4 Å². The van der Waals surface area contributed by atoms with Crippen LogP contribution in [-0.2, 0) is 6.54 Å². The van der Waals surface area contributed by atoms with Crippen molar-refractivity contribution >= 4 is 18.1 Å². The number of rotatable bonds is 3. The molecule has 1 aromatic heterocycles. The average Bonchev–Trinajstić information content (AvgIpc) is 2.42. The molecule has 0 aliphatic rings. The SMILES string of the molecule is Cc1cc(-c2nn(CC(C)C)c(=O)c(N)c2C)ccc1F.Cl. The third-order valence-corrected chi connectivity index (χ3v) is 3.41. The van der Waals surface area contributed by atoms with Gasteiger partial charge >= 0.3 is 0 Å². The Balaban J connectivity index is 0.00000242. The van der Waals surface area contributed by atoms with E-state index in [0.29, 0.717) is 23.4 Å². The van der Waals surface area contributed by atoms with Gasteiger partial charge in [-0.05, 0) is 43.5 Å². The van der Waals surface area contributed by atoms with Crippen molar-refractivity contribution in [3.05, 3.63) is 45.5 Å². The van der Waals surface area contributed by atoms with E-state index in [1.54, 1.807) is 26.0 Å². The number of halogens is 2. The van der Waals surface area contributed by atoms with Crippen LogP contribution in [0.4, 0.5) is 10.1 Å². The van der Waals surface area contributed by atoms with E-state index < -0.39 is 0 Å². The van der Waals surface area contributed by atoms with Gasteiger partial charge in [-0.25, -0.2) is 9.07 Å². The second kappa shape index (κ2) is 6.92. The Morgan fingerprint density at radius 3 is 2.50 bits per heavy atom. The second-order valence-corrected chi connectivity index (χ2v) is 5.73. The number of benzene rings is 1. The zero-order valence-corrected chi connectivity index (χ0v) is 14.0. The fourth-order valence-electron chi connectivity index (χ4n) is 2.20. The summed E-state index contributed by atoms with van der Waals surface area (Å²) in [5.41, 5.74) is 8.39. The normalized spacial score (nSPS) is 10.6. The predicted octanol–water partition coefficient (Wildman–Crippen LogP) is 3.33. The largest absolute Gasteiger partial charge is 0.394 e. The number of nitrogens with zero attached hydrogens (tertiary/aromatic N) is 2. The van der Waals surface area contributed by atoms with Crippen LogP contribution >= 0.6 is 12.4 Å². The minimum atomic E-state index is -0.274. The first-order valence-electron chi connectivity index (χ1n) is 6.95. The summed E-state index contributed by atoms with van der Waals surface area (Å²) in [6.07, 6.45) is 0. The van der Waals surface area contributed by atoms with Crippen LogP contribution in [0.5, 0.6) is 0 Å². The monoisotopic (exact) mass is 325 g/mol. The Bertz CT molecular complexity index is 741. The number of aryl methyl sites for hydroxylation is 1. The van der Waals surface area contributed by atoms with E-state index >= 15 is 0 Å². The van der Waals surface area contributed by atoms with Crippen molar-refractivity contribution in [3.63, 3.8) is 0 Å². The number of anilines is 1. The maximum absolute atomic E-state index is 13.4. The molecule has 6 heteroatoms. The van der Waals surface area contributed by atoms with Crippen molar-refractivity contribution in [1.82, 2.24) is 9.78 Å². The third kappa shape index (κ3) is 3.47. The molecule has 0 fully saturated rings. The van der Waals surface area contributed by atoms with Crippen LogP contribution in [0.1, 0.15) is 25.0 Å². The Morgan fingerprint density at radius 1 is 1.32 bits per heavy atom. The molecule has 120 valence electrons. The third-order valence-electron chi connectivity index (χ3n) is 3.41. The Morgan fingerprint density at radius 2 is 1.95 bits per heavy atom. The van der Waals surface area contributed by atoms with Crippen LogP contribution in [0.3, 0.4) is 0 Å². The molecule has 0 amide bonds. The molecule has 0 aliphatic carbocycles. The van der Waals surface area contributed by atoms with Gasteiger partial charge in [0.15, 0.2) is 0 Å². The molecule has 0 radical (unpaired) electrons. The molecule has 1 aromatic carbocycles. The molecule has 2 rings (SSSR count). The van der Waals surface area contributed by atoms with Gasteiger partial charge in [0.2, 0.25) is 0 Å². The van der Waals surface area contributed by atoms with E-state index in [2.05, 4.69) is 5.10 Å². The van der Waals surface area contributed by atoms with Crippen LogP contribution in [-0.4, -0.2) is 9.78 Å². The highest BCUT2D eigenvalue weighted by molar-refractivity contribution is 5.85. The summed E-state index contributed by atoms with van der Waals surface area (Å²) >= 11 is 0. The van der Waals surface area contributed by atoms with Gasteiger partial charge in [-0.3, -0.25) is 4.79 Å². The van der Waals surface area contributed by atoms with E-state index in [1.165, 1.54) is 10.7 Å². The molecule has 2 aromatic rings. The summed E-state index contributed by atoms with van der Waals surface area (Å²) in [6.45, 7) is 7.97. The van der Waals surface area contributed by atoms with Crippen molar-refractivity contribution in [2.75, 3.05) is 5.73 Å². The number of aromatic nitrogens is 2. The van der Waals surface area contributed by atoms with E-state index in [0.717, 1.165) is 5.56 Å². The molecule has 0 atom stereocenters. The molecule has 2 N–H and O–H groups in total. The van der Waals surface area contributed by atoms with Crippen LogP contribution in [0, 0.1) is 25.6 Å². The lowest BCUT2D eigenvalue weighted by Gasteiger charge is -2.14. The standard InChI is InChI=1S/C16H20FN3O.ClH/c1-9(2)8-20-16(21)14(18)11(4)15(19-20)12-5-6-13(17)10(3)7-12;/h5-7,9H,8,18H2,1-4H3;1H. The maximum atomic E-state index is 13.4. The lowest BCUT2D eigenvalue weighted by Crippen LogP contribution is -2.29. The number of hydrogen-bond donors (Lipinski definition) is 1. The highest BCUT2D eigenvalue weighted by atomic mass is 35.5. The second-order valence-electron chi connectivity index (χ2n) is 5.73. The van der Waals surface area contributed by atoms with Gasteiger partial charge in [-0.1, -0.05) is 13.8 Å². The van der Waals surface area contributed by atoms with Gasteiger partial charge in [0.05, 0.1) is 5.69 Å². The summed E-state index contributed by atoms with van der Waals surface area (Å²) in [7, 11) is 0. The quantitative estimate of drug-likeness (QED) is 0.941. The van der Waals surface area contributed by atoms with Gasteiger partial charge < -0.3 is 5.73 Å². The van der Waals surface area contributed by atoms with Crippen molar-refractivity contribution in [2.45, 2.75) is 34.2 Å². The van der Waals surface area contributed by atoms with Crippen LogP contribution in [0.25, 0.3) is 11.3 Å². The fourth-order valence-corrected chi connectivity index (χ4v) is 2.20. The van der Waals surface area contributed by atoms with Crippen LogP contribution < -0.4 is 11.3 Å². The average molecular weight is 326 g/mol. The molecule has 1 heterocycles. The smallest absolute Gasteiger partial charge is 0.290 e. The lowest BCUT2D eigenvalue weighted by atomic mass is 10.0. The fraction of sp³-hybridized carbons (Fsp3) is 0.375. The predicted molar refractivity (Wildman–Crippen MR) is 89.9 cm³/mol. The van der Waals surface area contributed by atoms with E-state index in [4.69, 9.17) is 5.73 Å². The summed E-state index contributed by atoms with van der Waals surface area (Å²) in [6, 6.07) is 4.77. The zero-order chi connectivity index (χ0) is 15.7. The molecule has 0 unspecified atom stereocenters. The van der Waals surface area contributed by atoms with E-state index in [1.807, 2.05) is 13.8 Å².